The van der Waals surface area contributed by atoms with E-state index in [1.54, 1.807) is 0 Å². The number of aromatic nitrogens is 3. The van der Waals surface area contributed by atoms with Gasteiger partial charge in [0.05, 0.1) is 29.0 Å². The predicted molar refractivity (Wildman–Crippen MR) is 121 cm³/mol. The van der Waals surface area contributed by atoms with E-state index in [4.69, 9.17) is 22.1 Å². The molecule has 2 aliphatic rings. The second-order valence-electron chi connectivity index (χ2n) is 8.61. The zero-order valence-corrected chi connectivity index (χ0v) is 19.1. The number of anilines is 2. The fourth-order valence-corrected chi connectivity index (χ4v) is 5.20. The first-order valence-electron chi connectivity index (χ1n) is 10.7. The second kappa shape index (κ2) is 8.09. The lowest BCUT2D eigenvalue weighted by atomic mass is 9.99. The Morgan fingerprint density at radius 2 is 1.82 bits per heavy atom. The summed E-state index contributed by atoms with van der Waals surface area (Å²) in [5.74, 6) is -0.820. The molecule has 0 aliphatic carbocycles. The van der Waals surface area contributed by atoms with E-state index >= 15 is 4.39 Å². The fourth-order valence-electron chi connectivity index (χ4n) is 4.92. The molecule has 3 N–H and O–H groups in total. The van der Waals surface area contributed by atoms with E-state index < -0.39 is 28.8 Å². The number of nitrogens with one attached hydrogen (secondary N) is 1. The lowest BCUT2D eigenvalue weighted by molar-refractivity contribution is -0.137. The SMILES string of the molecule is COc1nc(N2CC3CCC(C2)N3)c2cc(Cl)c(-c3nc(N)cc(C)c3C(F)(F)F)c(F)c2n1. The van der Waals surface area contributed by atoms with Crippen LogP contribution in [0.15, 0.2) is 12.1 Å². The van der Waals surface area contributed by atoms with Crippen LogP contribution in [0.25, 0.3) is 22.2 Å². The number of nitrogens with two attached hydrogens (primary N) is 1. The standard InChI is InChI=1S/C22H21ClF4N6O/c1-9-5-14(28)30-19(16(9)22(25,26)27)15-13(23)6-12-18(17(15)24)31-21(34-2)32-20(12)33-7-10-3-4-11(8-33)29-10/h5-6,10-11,29H,3-4,7-8H2,1-2H3,(H2,28,30). The predicted octanol–water partition coefficient (Wildman–Crippen LogP) is 4.34. The van der Waals surface area contributed by atoms with Crippen LogP contribution < -0.4 is 20.7 Å². The Labute approximate surface area is 197 Å². The molecule has 1 aromatic carbocycles. The average molecular weight is 497 g/mol. The highest BCUT2D eigenvalue weighted by Crippen LogP contribution is 2.44. The Hall–Kier alpha value is -2.92. The Morgan fingerprint density at radius 1 is 1.15 bits per heavy atom. The van der Waals surface area contributed by atoms with Crippen molar-refractivity contribution in [3.8, 4) is 17.3 Å². The maximum atomic E-state index is 16.0. The molecule has 3 aromatic rings. The zero-order valence-electron chi connectivity index (χ0n) is 18.3. The van der Waals surface area contributed by atoms with E-state index in [0.29, 0.717) is 18.9 Å². The summed E-state index contributed by atoms with van der Waals surface area (Å²) >= 11 is 6.42. The molecule has 2 saturated heterocycles. The van der Waals surface area contributed by atoms with Crippen molar-refractivity contribution in [1.29, 1.82) is 0 Å². The molecule has 2 fully saturated rings. The monoisotopic (exact) mass is 496 g/mol. The summed E-state index contributed by atoms with van der Waals surface area (Å²) in [4.78, 5) is 14.4. The van der Waals surface area contributed by atoms with Gasteiger partial charge in [0.15, 0.2) is 5.82 Å². The molecule has 2 aliphatic heterocycles. The van der Waals surface area contributed by atoms with Crippen LogP contribution in [0, 0.1) is 12.7 Å². The van der Waals surface area contributed by atoms with Crippen LogP contribution in [0.5, 0.6) is 6.01 Å². The van der Waals surface area contributed by atoms with Crippen molar-refractivity contribution in [1.82, 2.24) is 20.3 Å². The quantitative estimate of drug-likeness (QED) is 0.521. The van der Waals surface area contributed by atoms with E-state index in [-0.39, 0.29) is 45.4 Å². The number of hydrogen-bond acceptors (Lipinski definition) is 7. The third-order valence-electron chi connectivity index (χ3n) is 6.30. The van der Waals surface area contributed by atoms with Gasteiger partial charge < -0.3 is 20.7 Å². The number of methoxy groups -OCH3 is 1. The number of aryl methyl sites for hydroxylation is 1. The minimum absolute atomic E-state index is 0.103. The molecule has 2 unspecified atom stereocenters. The minimum atomic E-state index is -4.81. The summed E-state index contributed by atoms with van der Waals surface area (Å²) in [7, 11) is 1.34. The van der Waals surface area contributed by atoms with Crippen LogP contribution in [-0.2, 0) is 6.18 Å². The van der Waals surface area contributed by atoms with Gasteiger partial charge >= 0.3 is 12.2 Å². The minimum Gasteiger partial charge on any atom is -0.467 e. The van der Waals surface area contributed by atoms with E-state index in [1.165, 1.54) is 20.1 Å². The van der Waals surface area contributed by atoms with Gasteiger partial charge in [-0.2, -0.15) is 23.1 Å². The molecule has 5 rings (SSSR count). The van der Waals surface area contributed by atoms with E-state index in [9.17, 15) is 13.2 Å². The topological polar surface area (TPSA) is 89.2 Å². The summed E-state index contributed by atoms with van der Waals surface area (Å²) in [6, 6.07) is 2.90. The first kappa shape index (κ1) is 22.9. The largest absolute Gasteiger partial charge is 0.467 e. The molecule has 34 heavy (non-hydrogen) atoms. The van der Waals surface area contributed by atoms with E-state index in [1.807, 2.05) is 4.90 Å². The highest BCUT2D eigenvalue weighted by atomic mass is 35.5. The molecule has 12 heteroatoms. The molecule has 0 spiro atoms. The van der Waals surface area contributed by atoms with Crippen molar-refractivity contribution in [2.75, 3.05) is 30.8 Å². The number of piperazine rings is 1. The first-order chi connectivity index (χ1) is 16.1. The van der Waals surface area contributed by atoms with Crippen molar-refractivity contribution < 1.29 is 22.3 Å². The van der Waals surface area contributed by atoms with Gasteiger partial charge in [0.25, 0.3) is 0 Å². The third-order valence-corrected chi connectivity index (χ3v) is 6.60. The van der Waals surface area contributed by atoms with Crippen LogP contribution in [0.3, 0.4) is 0 Å². The van der Waals surface area contributed by atoms with Crippen LogP contribution in [0.4, 0.5) is 29.2 Å². The number of ether oxygens (including phenoxy) is 1. The summed E-state index contributed by atoms with van der Waals surface area (Å²) in [6.45, 7) is 2.51. The van der Waals surface area contributed by atoms with Crippen molar-refractivity contribution in [2.24, 2.45) is 0 Å². The number of fused-ring (bicyclic) bond motifs is 3. The molecule has 2 bridgehead atoms. The van der Waals surface area contributed by atoms with Gasteiger partial charge in [0, 0.05) is 30.6 Å². The number of rotatable bonds is 3. The molecular formula is C22H21ClF4N6O. The number of alkyl halides is 3. The molecule has 0 radical (unpaired) electrons. The number of nitrogen functional groups attached to an aromatic ring is 1. The van der Waals surface area contributed by atoms with Crippen molar-refractivity contribution in [2.45, 2.75) is 38.0 Å². The van der Waals surface area contributed by atoms with Gasteiger partial charge in [0.1, 0.15) is 17.2 Å². The van der Waals surface area contributed by atoms with E-state index in [2.05, 4.69) is 20.3 Å². The van der Waals surface area contributed by atoms with Gasteiger partial charge in [-0.25, -0.2) is 9.37 Å². The molecule has 180 valence electrons. The lowest BCUT2D eigenvalue weighted by Gasteiger charge is -2.34. The molecule has 2 atom stereocenters. The number of halogens is 5. The maximum Gasteiger partial charge on any atom is 0.418 e. The van der Waals surface area contributed by atoms with Crippen LogP contribution in [0.2, 0.25) is 5.02 Å². The van der Waals surface area contributed by atoms with Crippen molar-refractivity contribution in [3.05, 3.63) is 34.1 Å². The lowest BCUT2D eigenvalue weighted by Crippen LogP contribution is -2.51. The first-order valence-corrected chi connectivity index (χ1v) is 11.0. The number of pyridine rings is 1. The Bertz CT molecular complexity index is 1290. The summed E-state index contributed by atoms with van der Waals surface area (Å²) in [6.07, 6.45) is -2.78. The molecule has 2 aromatic heterocycles. The third kappa shape index (κ3) is 3.76. The van der Waals surface area contributed by atoms with Gasteiger partial charge in [0.2, 0.25) is 0 Å². The molecule has 4 heterocycles. The fraction of sp³-hybridized carbons (Fsp3) is 0.409. The van der Waals surface area contributed by atoms with Crippen molar-refractivity contribution >= 4 is 34.1 Å². The molecule has 7 nitrogen and oxygen atoms in total. The number of nitrogens with zero attached hydrogens (tertiary/aromatic N) is 4. The van der Waals surface area contributed by atoms with Crippen LogP contribution in [-0.4, -0.2) is 47.2 Å². The molecular weight excluding hydrogens is 476 g/mol. The van der Waals surface area contributed by atoms with Gasteiger partial charge in [-0.15, -0.1) is 0 Å². The summed E-state index contributed by atoms with van der Waals surface area (Å²) < 4.78 is 62.9. The normalized spacial score (nSPS) is 20.3. The Balaban J connectivity index is 1.76. The molecule has 0 amide bonds. The molecule has 0 saturated carbocycles. The Morgan fingerprint density at radius 3 is 2.44 bits per heavy atom. The highest BCUT2D eigenvalue weighted by Gasteiger charge is 2.39. The number of hydrogen-bond donors (Lipinski definition) is 2. The van der Waals surface area contributed by atoms with Crippen molar-refractivity contribution in [3.63, 3.8) is 0 Å². The zero-order chi connectivity index (χ0) is 24.4. The smallest absolute Gasteiger partial charge is 0.418 e. The van der Waals surface area contributed by atoms with Crippen LogP contribution >= 0.6 is 11.6 Å². The van der Waals surface area contributed by atoms with E-state index in [0.717, 1.165) is 18.9 Å². The summed E-state index contributed by atoms with van der Waals surface area (Å²) in [5.41, 5.74) is 3.00. The van der Waals surface area contributed by atoms with Gasteiger partial charge in [-0.3, -0.25) is 0 Å². The van der Waals surface area contributed by atoms with Gasteiger partial charge in [-0.05, 0) is 37.5 Å². The Kier molecular flexibility index (Phi) is 5.44. The summed E-state index contributed by atoms with van der Waals surface area (Å²) in [5, 5.41) is 3.54. The number of benzene rings is 1. The second-order valence-corrected chi connectivity index (χ2v) is 9.01. The van der Waals surface area contributed by atoms with Crippen LogP contribution in [0.1, 0.15) is 24.0 Å². The van der Waals surface area contributed by atoms with Gasteiger partial charge in [-0.1, -0.05) is 11.6 Å². The highest BCUT2D eigenvalue weighted by molar-refractivity contribution is 6.34. The maximum absolute atomic E-state index is 16.0. The average Bonchev–Trinajstić information content (AvgIpc) is 3.09.